The van der Waals surface area contributed by atoms with E-state index in [0.717, 1.165) is 30.6 Å². The van der Waals surface area contributed by atoms with E-state index in [1.54, 1.807) is 19.2 Å². The molecule has 0 amide bonds. The van der Waals surface area contributed by atoms with E-state index in [4.69, 9.17) is 9.15 Å². The summed E-state index contributed by atoms with van der Waals surface area (Å²) >= 11 is 0. The van der Waals surface area contributed by atoms with Gasteiger partial charge >= 0.3 is 5.63 Å². The zero-order valence-electron chi connectivity index (χ0n) is 14.8. The number of ether oxygens (including phenoxy) is 1. The third-order valence-electron chi connectivity index (χ3n) is 3.68. The second-order valence-corrected chi connectivity index (χ2v) is 6.93. The molecule has 0 bridgehead atoms. The summed E-state index contributed by atoms with van der Waals surface area (Å²) in [6.45, 7) is 11.6. The van der Waals surface area contributed by atoms with Gasteiger partial charge in [0.1, 0.15) is 11.3 Å². The third-order valence-corrected chi connectivity index (χ3v) is 3.68. The van der Waals surface area contributed by atoms with Crippen molar-refractivity contribution in [1.29, 1.82) is 0 Å². The maximum atomic E-state index is 11.9. The number of benzene rings is 1. The van der Waals surface area contributed by atoms with Crippen molar-refractivity contribution in [2.24, 2.45) is 11.8 Å². The van der Waals surface area contributed by atoms with Crippen molar-refractivity contribution < 1.29 is 9.15 Å². The fourth-order valence-electron chi connectivity index (χ4n) is 2.95. The van der Waals surface area contributed by atoms with Crippen molar-refractivity contribution in [3.63, 3.8) is 0 Å². The van der Waals surface area contributed by atoms with E-state index in [0.29, 0.717) is 23.2 Å². The van der Waals surface area contributed by atoms with Crippen LogP contribution in [0.25, 0.3) is 11.0 Å². The highest BCUT2D eigenvalue weighted by atomic mass is 16.5. The molecule has 1 aromatic heterocycles. The summed E-state index contributed by atoms with van der Waals surface area (Å²) in [6, 6.07) is 7.26. The average Bonchev–Trinajstić information content (AvgIpc) is 2.44. The van der Waals surface area contributed by atoms with E-state index in [1.165, 1.54) is 0 Å². The largest absolute Gasteiger partial charge is 0.497 e. The number of hydrogen-bond acceptors (Lipinski definition) is 4. The summed E-state index contributed by atoms with van der Waals surface area (Å²) in [5, 5.41) is 0.975. The number of nitrogens with zero attached hydrogens (tertiary/aromatic N) is 1. The molecule has 0 radical (unpaired) electrons. The Kier molecular flexibility index (Phi) is 5.83. The molecule has 0 fully saturated rings. The van der Waals surface area contributed by atoms with E-state index < -0.39 is 0 Å². The van der Waals surface area contributed by atoms with Crippen molar-refractivity contribution in [2.45, 2.75) is 34.2 Å². The summed E-state index contributed by atoms with van der Waals surface area (Å²) < 4.78 is 10.6. The lowest BCUT2D eigenvalue weighted by molar-refractivity contribution is 0.212. The lowest BCUT2D eigenvalue weighted by Gasteiger charge is -2.26. The van der Waals surface area contributed by atoms with E-state index in [2.05, 4.69) is 32.6 Å². The van der Waals surface area contributed by atoms with Crippen molar-refractivity contribution in [1.82, 2.24) is 4.90 Å². The molecule has 0 aliphatic heterocycles. The van der Waals surface area contributed by atoms with Crippen LogP contribution in [0.1, 0.15) is 33.3 Å². The molecule has 0 atom stereocenters. The van der Waals surface area contributed by atoms with Crippen LogP contribution < -0.4 is 10.4 Å². The van der Waals surface area contributed by atoms with Crippen LogP contribution in [-0.4, -0.2) is 25.1 Å². The quantitative estimate of drug-likeness (QED) is 0.726. The third kappa shape index (κ3) is 4.83. The van der Waals surface area contributed by atoms with Crippen LogP contribution >= 0.6 is 0 Å². The van der Waals surface area contributed by atoms with Crippen LogP contribution in [0.4, 0.5) is 0 Å². The van der Waals surface area contributed by atoms with Gasteiger partial charge in [-0.05, 0) is 29.5 Å². The van der Waals surface area contributed by atoms with Gasteiger partial charge in [0, 0.05) is 37.2 Å². The number of methoxy groups -OCH3 is 1. The Balaban J connectivity index is 2.38. The average molecular weight is 317 g/mol. The van der Waals surface area contributed by atoms with Crippen LogP contribution in [0.3, 0.4) is 0 Å². The topological polar surface area (TPSA) is 42.7 Å². The molecule has 2 aromatic rings. The fourth-order valence-corrected chi connectivity index (χ4v) is 2.95. The first-order valence-corrected chi connectivity index (χ1v) is 8.22. The van der Waals surface area contributed by atoms with Crippen LogP contribution in [0, 0.1) is 11.8 Å². The fraction of sp³-hybridized carbons (Fsp3) is 0.526. The summed E-state index contributed by atoms with van der Waals surface area (Å²) in [6.07, 6.45) is 0. The second-order valence-electron chi connectivity index (χ2n) is 6.93. The molecule has 0 saturated carbocycles. The molecule has 0 unspecified atom stereocenters. The van der Waals surface area contributed by atoms with Crippen LogP contribution in [0.2, 0.25) is 0 Å². The molecule has 1 aromatic carbocycles. The normalized spacial score (nSPS) is 11.8. The lowest BCUT2D eigenvalue weighted by atomic mass is 10.1. The van der Waals surface area contributed by atoms with Gasteiger partial charge in [-0.25, -0.2) is 4.79 Å². The highest BCUT2D eigenvalue weighted by Gasteiger charge is 2.14. The molecule has 126 valence electrons. The van der Waals surface area contributed by atoms with Gasteiger partial charge in [-0.2, -0.15) is 0 Å². The van der Waals surface area contributed by atoms with Gasteiger partial charge in [-0.3, -0.25) is 4.90 Å². The number of fused-ring (bicyclic) bond motifs is 1. The van der Waals surface area contributed by atoms with E-state index >= 15 is 0 Å². The maximum absolute atomic E-state index is 11.9. The van der Waals surface area contributed by atoms with E-state index in [1.807, 2.05) is 12.1 Å². The highest BCUT2D eigenvalue weighted by Crippen LogP contribution is 2.24. The van der Waals surface area contributed by atoms with Gasteiger partial charge in [-0.15, -0.1) is 0 Å². The molecular weight excluding hydrogens is 290 g/mol. The molecule has 0 N–H and O–H groups in total. The minimum Gasteiger partial charge on any atom is -0.497 e. The molecule has 4 heteroatoms. The summed E-state index contributed by atoms with van der Waals surface area (Å²) in [4.78, 5) is 14.3. The Hall–Kier alpha value is -1.81. The maximum Gasteiger partial charge on any atom is 0.336 e. The monoisotopic (exact) mass is 317 g/mol. The first-order valence-electron chi connectivity index (χ1n) is 8.22. The smallest absolute Gasteiger partial charge is 0.336 e. The molecule has 4 nitrogen and oxygen atoms in total. The Morgan fingerprint density at radius 1 is 1.09 bits per heavy atom. The van der Waals surface area contributed by atoms with Crippen LogP contribution in [-0.2, 0) is 6.54 Å². The molecule has 1 heterocycles. The van der Waals surface area contributed by atoms with Crippen molar-refractivity contribution in [3.05, 3.63) is 40.2 Å². The Labute approximate surface area is 138 Å². The van der Waals surface area contributed by atoms with Crippen molar-refractivity contribution in [2.75, 3.05) is 20.2 Å². The standard InChI is InChI=1S/C19H27NO3/c1-13(2)10-20(11-14(3)4)12-15-8-19(21)23-18-9-16(22-5)6-7-17(15)18/h6-9,13-14H,10-12H2,1-5H3. The van der Waals surface area contributed by atoms with Crippen LogP contribution in [0.5, 0.6) is 5.75 Å². The van der Waals surface area contributed by atoms with E-state index in [9.17, 15) is 4.79 Å². The predicted molar refractivity (Wildman–Crippen MR) is 94.0 cm³/mol. The molecule has 23 heavy (non-hydrogen) atoms. The number of rotatable bonds is 7. The van der Waals surface area contributed by atoms with Gasteiger partial charge in [0.25, 0.3) is 0 Å². The van der Waals surface area contributed by atoms with Gasteiger partial charge in [-0.1, -0.05) is 27.7 Å². The minimum atomic E-state index is -0.310. The lowest BCUT2D eigenvalue weighted by Crippen LogP contribution is -2.31. The molecule has 0 aliphatic carbocycles. The Morgan fingerprint density at radius 2 is 1.74 bits per heavy atom. The molecule has 0 aliphatic rings. The number of hydrogen-bond donors (Lipinski definition) is 0. The van der Waals surface area contributed by atoms with Gasteiger partial charge in [0.05, 0.1) is 7.11 Å². The van der Waals surface area contributed by atoms with Gasteiger partial charge < -0.3 is 9.15 Å². The minimum absolute atomic E-state index is 0.310. The Morgan fingerprint density at radius 3 is 2.30 bits per heavy atom. The molecular formula is C19H27NO3. The predicted octanol–water partition coefficient (Wildman–Crippen LogP) is 3.92. The molecule has 0 saturated heterocycles. The second kappa shape index (κ2) is 7.64. The summed E-state index contributed by atoms with van der Waals surface area (Å²) in [7, 11) is 1.61. The zero-order chi connectivity index (χ0) is 17.0. The summed E-state index contributed by atoms with van der Waals surface area (Å²) in [5.74, 6) is 1.86. The molecule has 0 spiro atoms. The van der Waals surface area contributed by atoms with Crippen LogP contribution in [0.15, 0.2) is 33.5 Å². The molecule has 2 rings (SSSR count). The van der Waals surface area contributed by atoms with Gasteiger partial charge in [0.15, 0.2) is 0 Å². The van der Waals surface area contributed by atoms with Crippen molar-refractivity contribution >= 4 is 11.0 Å². The summed E-state index contributed by atoms with van der Waals surface area (Å²) in [5.41, 5.74) is 1.29. The first kappa shape index (κ1) is 17.5. The van der Waals surface area contributed by atoms with Gasteiger partial charge in [0.2, 0.25) is 0 Å². The SMILES string of the molecule is COc1ccc2c(CN(CC(C)C)CC(C)C)cc(=O)oc2c1. The zero-order valence-corrected chi connectivity index (χ0v) is 14.8. The highest BCUT2D eigenvalue weighted by molar-refractivity contribution is 5.81. The Bertz CT molecular complexity index is 693. The van der Waals surface area contributed by atoms with Crippen molar-refractivity contribution in [3.8, 4) is 5.75 Å². The van der Waals surface area contributed by atoms with E-state index in [-0.39, 0.29) is 5.63 Å². The first-order chi connectivity index (χ1) is 10.9.